The molecule has 0 spiro atoms. The van der Waals surface area contributed by atoms with Crippen LogP contribution in [-0.2, 0) is 0 Å². The van der Waals surface area contributed by atoms with Crippen LogP contribution in [0.2, 0.25) is 5.02 Å². The molecule has 0 unspecified atom stereocenters. The predicted octanol–water partition coefficient (Wildman–Crippen LogP) is 4.82. The van der Waals surface area contributed by atoms with Crippen molar-refractivity contribution in [1.29, 1.82) is 0 Å². The molecule has 1 aliphatic rings. The zero-order valence-corrected chi connectivity index (χ0v) is 15.2. The number of benzene rings is 2. The maximum Gasteiger partial charge on any atom is 0.257 e. The fourth-order valence-corrected chi connectivity index (χ4v) is 3.67. The zero-order valence-electron chi connectivity index (χ0n) is 14.4. The molecule has 1 aromatic heterocycles. The second kappa shape index (κ2) is 7.34. The molecule has 0 saturated carbocycles. The first-order valence-corrected chi connectivity index (χ1v) is 9.31. The van der Waals surface area contributed by atoms with E-state index in [-0.39, 0.29) is 5.91 Å². The summed E-state index contributed by atoms with van der Waals surface area (Å²) in [5.41, 5.74) is 3.13. The van der Waals surface area contributed by atoms with Crippen LogP contribution in [0.25, 0.3) is 16.9 Å². The molecule has 0 atom stereocenters. The maximum atomic E-state index is 13.2. The van der Waals surface area contributed by atoms with Gasteiger partial charge in [0, 0.05) is 18.7 Å². The third-order valence-corrected chi connectivity index (χ3v) is 5.09. The van der Waals surface area contributed by atoms with Crippen molar-refractivity contribution in [3.8, 4) is 16.9 Å². The number of halogens is 1. The molecule has 0 radical (unpaired) electrons. The van der Waals surface area contributed by atoms with Gasteiger partial charge in [0.1, 0.15) is 0 Å². The highest BCUT2D eigenvalue weighted by Gasteiger charge is 2.25. The number of hydrogen-bond acceptors (Lipinski definition) is 2. The number of carbonyl (C=O) groups excluding carboxylic acids is 1. The highest BCUT2D eigenvalue weighted by molar-refractivity contribution is 6.32. The van der Waals surface area contributed by atoms with Gasteiger partial charge in [0.15, 0.2) is 0 Å². The standard InChI is InChI=1S/C21H20ClN3O/c22-18-11-5-6-12-19(18)25-20(16-9-3-1-4-10-16)17(15-23-25)21(26)24-13-7-2-8-14-24/h1,3-6,9-12,15H,2,7-8,13-14H2. The van der Waals surface area contributed by atoms with Gasteiger partial charge in [0.05, 0.1) is 28.2 Å². The third kappa shape index (κ3) is 3.13. The average molecular weight is 366 g/mol. The van der Waals surface area contributed by atoms with E-state index in [1.54, 1.807) is 10.9 Å². The smallest absolute Gasteiger partial charge is 0.257 e. The molecule has 1 aliphatic heterocycles. The molecule has 2 aromatic carbocycles. The summed E-state index contributed by atoms with van der Waals surface area (Å²) in [6.07, 6.45) is 4.98. The van der Waals surface area contributed by atoms with E-state index in [1.165, 1.54) is 6.42 Å². The lowest BCUT2D eigenvalue weighted by atomic mass is 10.0. The molecule has 4 nitrogen and oxygen atoms in total. The van der Waals surface area contributed by atoms with Gasteiger partial charge >= 0.3 is 0 Å². The summed E-state index contributed by atoms with van der Waals surface area (Å²) >= 11 is 6.40. The van der Waals surface area contributed by atoms with E-state index in [0.717, 1.165) is 42.9 Å². The Balaban J connectivity index is 1.85. The van der Waals surface area contributed by atoms with Gasteiger partial charge in [-0.25, -0.2) is 4.68 Å². The topological polar surface area (TPSA) is 38.1 Å². The highest BCUT2D eigenvalue weighted by atomic mass is 35.5. The van der Waals surface area contributed by atoms with Crippen LogP contribution in [0.4, 0.5) is 0 Å². The van der Waals surface area contributed by atoms with Crippen LogP contribution in [0.5, 0.6) is 0 Å². The lowest BCUT2D eigenvalue weighted by molar-refractivity contribution is 0.0725. The van der Waals surface area contributed by atoms with Crippen LogP contribution in [0, 0.1) is 0 Å². The van der Waals surface area contributed by atoms with Crippen LogP contribution in [0.15, 0.2) is 60.8 Å². The van der Waals surface area contributed by atoms with Crippen molar-refractivity contribution in [2.75, 3.05) is 13.1 Å². The molecule has 4 rings (SSSR count). The first-order valence-electron chi connectivity index (χ1n) is 8.93. The van der Waals surface area contributed by atoms with Crippen LogP contribution < -0.4 is 0 Å². The molecular weight excluding hydrogens is 346 g/mol. The van der Waals surface area contributed by atoms with E-state index >= 15 is 0 Å². The Hall–Kier alpha value is -2.59. The molecule has 26 heavy (non-hydrogen) atoms. The largest absolute Gasteiger partial charge is 0.339 e. The number of nitrogens with zero attached hydrogens (tertiary/aromatic N) is 3. The van der Waals surface area contributed by atoms with Crippen molar-refractivity contribution in [1.82, 2.24) is 14.7 Å². The summed E-state index contributed by atoms with van der Waals surface area (Å²) in [6, 6.07) is 17.4. The Morgan fingerprint density at radius 2 is 1.62 bits per heavy atom. The summed E-state index contributed by atoms with van der Waals surface area (Å²) < 4.78 is 1.77. The number of para-hydroxylation sites is 1. The van der Waals surface area contributed by atoms with Gasteiger partial charge in [-0.3, -0.25) is 4.79 Å². The summed E-state index contributed by atoms with van der Waals surface area (Å²) in [6.45, 7) is 1.62. The summed E-state index contributed by atoms with van der Waals surface area (Å²) in [5.74, 6) is 0.0434. The van der Waals surface area contributed by atoms with Gasteiger partial charge in [-0.15, -0.1) is 0 Å². The molecular formula is C21H20ClN3O. The minimum atomic E-state index is 0.0434. The Kier molecular flexibility index (Phi) is 4.76. The molecule has 1 saturated heterocycles. The first kappa shape index (κ1) is 16.9. The molecule has 1 fully saturated rings. The van der Waals surface area contributed by atoms with Crippen LogP contribution in [-0.4, -0.2) is 33.7 Å². The van der Waals surface area contributed by atoms with E-state index in [9.17, 15) is 4.79 Å². The molecule has 2 heterocycles. The molecule has 0 N–H and O–H groups in total. The van der Waals surface area contributed by atoms with Crippen LogP contribution in [0.1, 0.15) is 29.6 Å². The number of amides is 1. The Bertz CT molecular complexity index is 914. The van der Waals surface area contributed by atoms with Crippen molar-refractivity contribution >= 4 is 17.5 Å². The predicted molar refractivity (Wildman–Crippen MR) is 104 cm³/mol. The Labute approximate surface area is 158 Å². The van der Waals surface area contributed by atoms with Crippen LogP contribution >= 0.6 is 11.6 Å². The van der Waals surface area contributed by atoms with Gasteiger partial charge in [-0.05, 0) is 31.4 Å². The Morgan fingerprint density at radius 1 is 0.923 bits per heavy atom. The monoisotopic (exact) mass is 365 g/mol. The fourth-order valence-electron chi connectivity index (χ4n) is 3.45. The molecule has 132 valence electrons. The second-order valence-corrected chi connectivity index (χ2v) is 6.90. The van der Waals surface area contributed by atoms with Crippen molar-refractivity contribution in [2.24, 2.45) is 0 Å². The number of likely N-dealkylation sites (tertiary alicyclic amines) is 1. The molecule has 3 aromatic rings. The van der Waals surface area contributed by atoms with Crippen molar-refractivity contribution in [3.63, 3.8) is 0 Å². The van der Waals surface area contributed by atoms with E-state index in [0.29, 0.717) is 10.6 Å². The summed E-state index contributed by atoms with van der Waals surface area (Å²) in [4.78, 5) is 15.1. The second-order valence-electron chi connectivity index (χ2n) is 6.49. The number of aromatic nitrogens is 2. The van der Waals surface area contributed by atoms with E-state index < -0.39 is 0 Å². The average Bonchev–Trinajstić information content (AvgIpc) is 3.14. The number of carbonyl (C=O) groups is 1. The first-order chi connectivity index (χ1) is 12.8. The molecule has 0 bridgehead atoms. The van der Waals surface area contributed by atoms with E-state index in [4.69, 9.17) is 11.6 Å². The van der Waals surface area contributed by atoms with E-state index in [1.807, 2.05) is 59.5 Å². The van der Waals surface area contributed by atoms with Gasteiger partial charge in [-0.2, -0.15) is 5.10 Å². The minimum absolute atomic E-state index is 0.0434. The van der Waals surface area contributed by atoms with Crippen molar-refractivity contribution < 1.29 is 4.79 Å². The Morgan fingerprint density at radius 3 is 2.35 bits per heavy atom. The minimum Gasteiger partial charge on any atom is -0.339 e. The quantitative estimate of drug-likeness (QED) is 0.667. The van der Waals surface area contributed by atoms with Crippen molar-refractivity contribution in [2.45, 2.75) is 19.3 Å². The lowest BCUT2D eigenvalue weighted by Crippen LogP contribution is -2.35. The lowest BCUT2D eigenvalue weighted by Gasteiger charge is -2.26. The summed E-state index contributed by atoms with van der Waals surface area (Å²) in [7, 11) is 0. The maximum absolute atomic E-state index is 13.2. The van der Waals surface area contributed by atoms with Gasteiger partial charge in [0.2, 0.25) is 0 Å². The fraction of sp³-hybridized carbons (Fsp3) is 0.238. The van der Waals surface area contributed by atoms with E-state index in [2.05, 4.69) is 5.10 Å². The molecule has 1 amide bonds. The summed E-state index contributed by atoms with van der Waals surface area (Å²) in [5, 5.41) is 5.13. The normalized spacial score (nSPS) is 14.4. The number of piperidine rings is 1. The van der Waals surface area contributed by atoms with Gasteiger partial charge in [-0.1, -0.05) is 54.1 Å². The molecule has 0 aliphatic carbocycles. The number of hydrogen-bond donors (Lipinski definition) is 0. The zero-order chi connectivity index (χ0) is 17.9. The van der Waals surface area contributed by atoms with Crippen LogP contribution in [0.3, 0.4) is 0 Å². The van der Waals surface area contributed by atoms with Crippen molar-refractivity contribution in [3.05, 3.63) is 71.4 Å². The SMILES string of the molecule is O=C(c1cnn(-c2ccccc2Cl)c1-c1ccccc1)N1CCCCC1. The molecule has 5 heteroatoms. The third-order valence-electron chi connectivity index (χ3n) is 4.77. The highest BCUT2D eigenvalue weighted by Crippen LogP contribution is 2.30. The van der Waals surface area contributed by atoms with Gasteiger partial charge < -0.3 is 4.90 Å². The van der Waals surface area contributed by atoms with Gasteiger partial charge in [0.25, 0.3) is 5.91 Å². The number of rotatable bonds is 3.